The maximum absolute atomic E-state index is 10.9. The second-order valence-electron chi connectivity index (χ2n) is 3.51. The number of hydrogen-bond donors (Lipinski definition) is 1. The van der Waals surface area contributed by atoms with Gasteiger partial charge >= 0.3 is 0 Å². The summed E-state index contributed by atoms with van der Waals surface area (Å²) in [5.74, 6) is -0.192. The Labute approximate surface area is 73.2 Å². The van der Waals surface area contributed by atoms with Gasteiger partial charge in [-0.05, 0) is 26.5 Å². The summed E-state index contributed by atoms with van der Waals surface area (Å²) in [5, 5.41) is 0. The van der Waals surface area contributed by atoms with Crippen LogP contribution < -0.4 is 5.73 Å². The summed E-state index contributed by atoms with van der Waals surface area (Å²) >= 11 is 0. The lowest BCUT2D eigenvalue weighted by Gasteiger charge is -2.31. The highest BCUT2D eigenvalue weighted by Crippen LogP contribution is 2.15. The van der Waals surface area contributed by atoms with E-state index in [2.05, 4.69) is 18.7 Å². The zero-order valence-electron chi connectivity index (χ0n) is 7.66. The number of hydrogen-bond acceptors (Lipinski definition) is 2. The van der Waals surface area contributed by atoms with E-state index >= 15 is 0 Å². The number of allylic oxidation sites excluding steroid dienone is 1. The summed E-state index contributed by atoms with van der Waals surface area (Å²) in [6.07, 6.45) is 4.85. The molecule has 0 bridgehead atoms. The van der Waals surface area contributed by atoms with E-state index in [0.717, 1.165) is 13.0 Å². The van der Waals surface area contributed by atoms with Gasteiger partial charge < -0.3 is 10.6 Å². The van der Waals surface area contributed by atoms with Gasteiger partial charge in [0.2, 0.25) is 5.91 Å². The van der Waals surface area contributed by atoms with Crippen LogP contribution in [0.5, 0.6) is 0 Å². The number of amides is 1. The second-order valence-corrected chi connectivity index (χ2v) is 3.51. The lowest BCUT2D eigenvalue weighted by molar-refractivity contribution is -0.122. The number of carbonyl (C=O) groups excluding carboxylic acids is 1. The predicted molar refractivity (Wildman–Crippen MR) is 48.3 cm³/mol. The highest BCUT2D eigenvalue weighted by atomic mass is 16.1. The van der Waals surface area contributed by atoms with Crippen LogP contribution in [0, 0.1) is 5.92 Å². The standard InChI is InChI=1S/C9H16N2O/c1-7(2)11-5-3-4-8(6-11)9(10)12/h3,5,7-8H,4,6H2,1-2H3,(H2,10,12). The first kappa shape index (κ1) is 9.10. The molecule has 1 aliphatic rings. The van der Waals surface area contributed by atoms with Crippen molar-refractivity contribution in [2.45, 2.75) is 26.3 Å². The molecular weight excluding hydrogens is 152 g/mol. The van der Waals surface area contributed by atoms with E-state index < -0.39 is 0 Å². The predicted octanol–water partition coefficient (Wildman–Crippen LogP) is 0.716. The summed E-state index contributed by atoms with van der Waals surface area (Å²) in [6.45, 7) is 4.98. The fourth-order valence-electron chi connectivity index (χ4n) is 1.34. The number of primary amides is 1. The van der Waals surface area contributed by atoms with Crippen molar-refractivity contribution in [3.8, 4) is 0 Å². The van der Waals surface area contributed by atoms with Crippen molar-refractivity contribution >= 4 is 5.91 Å². The minimum Gasteiger partial charge on any atom is -0.374 e. The van der Waals surface area contributed by atoms with Gasteiger partial charge in [-0.1, -0.05) is 6.08 Å². The van der Waals surface area contributed by atoms with Gasteiger partial charge in [0.15, 0.2) is 0 Å². The Balaban J connectivity index is 2.57. The molecule has 0 aromatic rings. The fourth-order valence-corrected chi connectivity index (χ4v) is 1.34. The molecule has 1 heterocycles. The molecule has 2 N–H and O–H groups in total. The number of rotatable bonds is 2. The quantitative estimate of drug-likeness (QED) is 0.660. The summed E-state index contributed by atoms with van der Waals surface area (Å²) in [4.78, 5) is 13.0. The van der Waals surface area contributed by atoms with Crippen LogP contribution in [0.2, 0.25) is 0 Å². The molecule has 3 nitrogen and oxygen atoms in total. The van der Waals surface area contributed by atoms with E-state index in [9.17, 15) is 4.79 Å². The maximum Gasteiger partial charge on any atom is 0.222 e. The van der Waals surface area contributed by atoms with Gasteiger partial charge in [0, 0.05) is 12.6 Å². The van der Waals surface area contributed by atoms with Crippen LogP contribution in [0.15, 0.2) is 12.3 Å². The van der Waals surface area contributed by atoms with Crippen LogP contribution in [0.25, 0.3) is 0 Å². The van der Waals surface area contributed by atoms with E-state index in [-0.39, 0.29) is 11.8 Å². The highest BCUT2D eigenvalue weighted by molar-refractivity contribution is 5.77. The molecule has 0 aromatic heterocycles. The molecule has 68 valence electrons. The smallest absolute Gasteiger partial charge is 0.222 e. The van der Waals surface area contributed by atoms with E-state index in [4.69, 9.17) is 5.73 Å². The normalized spacial score (nSPS) is 23.2. The molecule has 0 fully saturated rings. The lowest BCUT2D eigenvalue weighted by Crippen LogP contribution is -2.38. The Morgan fingerprint density at radius 3 is 2.83 bits per heavy atom. The largest absolute Gasteiger partial charge is 0.374 e. The third-order valence-corrected chi connectivity index (χ3v) is 2.21. The van der Waals surface area contributed by atoms with Crippen LogP contribution in [0.4, 0.5) is 0 Å². The van der Waals surface area contributed by atoms with Crippen LogP contribution in [-0.2, 0) is 4.79 Å². The zero-order valence-corrected chi connectivity index (χ0v) is 7.66. The van der Waals surface area contributed by atoms with Crippen molar-refractivity contribution in [1.82, 2.24) is 4.90 Å². The van der Waals surface area contributed by atoms with E-state index in [0.29, 0.717) is 6.04 Å². The maximum atomic E-state index is 10.9. The van der Waals surface area contributed by atoms with E-state index in [1.54, 1.807) is 0 Å². The molecule has 0 spiro atoms. The van der Waals surface area contributed by atoms with Gasteiger partial charge in [0.25, 0.3) is 0 Å². The number of nitrogens with two attached hydrogens (primary N) is 1. The van der Waals surface area contributed by atoms with Crippen molar-refractivity contribution in [2.24, 2.45) is 11.7 Å². The van der Waals surface area contributed by atoms with E-state index in [1.807, 2.05) is 12.3 Å². The van der Waals surface area contributed by atoms with Crippen LogP contribution >= 0.6 is 0 Å². The highest BCUT2D eigenvalue weighted by Gasteiger charge is 2.20. The summed E-state index contributed by atoms with van der Waals surface area (Å²) in [5.41, 5.74) is 5.23. The van der Waals surface area contributed by atoms with Gasteiger partial charge in [-0.15, -0.1) is 0 Å². The van der Waals surface area contributed by atoms with Crippen LogP contribution in [-0.4, -0.2) is 23.4 Å². The molecule has 0 radical (unpaired) electrons. The Morgan fingerprint density at radius 2 is 2.33 bits per heavy atom. The molecule has 0 aliphatic carbocycles. The Kier molecular flexibility index (Phi) is 2.74. The Morgan fingerprint density at radius 1 is 1.67 bits per heavy atom. The molecule has 1 atom stereocenters. The second kappa shape index (κ2) is 3.61. The molecule has 1 rings (SSSR count). The first-order valence-electron chi connectivity index (χ1n) is 4.33. The summed E-state index contributed by atoms with van der Waals surface area (Å²) < 4.78 is 0. The average molecular weight is 168 g/mol. The first-order valence-corrected chi connectivity index (χ1v) is 4.33. The van der Waals surface area contributed by atoms with Crippen molar-refractivity contribution in [3.05, 3.63) is 12.3 Å². The third-order valence-electron chi connectivity index (χ3n) is 2.21. The monoisotopic (exact) mass is 168 g/mol. The molecule has 1 aliphatic heterocycles. The van der Waals surface area contributed by atoms with E-state index in [1.165, 1.54) is 0 Å². The SMILES string of the molecule is CC(C)N1C=CCC(C(N)=O)C1. The number of carbonyl (C=O) groups is 1. The van der Waals surface area contributed by atoms with Gasteiger partial charge in [-0.2, -0.15) is 0 Å². The molecule has 1 amide bonds. The molecule has 0 aromatic carbocycles. The minimum atomic E-state index is -0.190. The van der Waals surface area contributed by atoms with Crippen molar-refractivity contribution < 1.29 is 4.79 Å². The van der Waals surface area contributed by atoms with Crippen molar-refractivity contribution in [3.63, 3.8) is 0 Å². The van der Waals surface area contributed by atoms with Gasteiger partial charge in [0.1, 0.15) is 0 Å². The average Bonchev–Trinajstić information content (AvgIpc) is 2.04. The first-order chi connectivity index (χ1) is 5.61. The number of nitrogens with zero attached hydrogens (tertiary/aromatic N) is 1. The molecule has 3 heteroatoms. The van der Waals surface area contributed by atoms with Gasteiger partial charge in [-0.3, -0.25) is 4.79 Å². The molecule has 12 heavy (non-hydrogen) atoms. The zero-order chi connectivity index (χ0) is 9.14. The van der Waals surface area contributed by atoms with Crippen LogP contribution in [0.1, 0.15) is 20.3 Å². The van der Waals surface area contributed by atoms with Gasteiger partial charge in [0.05, 0.1) is 5.92 Å². The lowest BCUT2D eigenvalue weighted by atomic mass is 10.0. The topological polar surface area (TPSA) is 46.3 Å². The minimum absolute atomic E-state index is 0.00241. The molecular formula is C9H16N2O. The fraction of sp³-hybridized carbons (Fsp3) is 0.667. The summed E-state index contributed by atoms with van der Waals surface area (Å²) in [6, 6.07) is 0.448. The van der Waals surface area contributed by atoms with Crippen molar-refractivity contribution in [2.75, 3.05) is 6.54 Å². The van der Waals surface area contributed by atoms with Crippen molar-refractivity contribution in [1.29, 1.82) is 0 Å². The third kappa shape index (κ3) is 2.00. The Hall–Kier alpha value is -0.990. The van der Waals surface area contributed by atoms with Gasteiger partial charge in [-0.25, -0.2) is 0 Å². The molecule has 1 unspecified atom stereocenters. The summed E-state index contributed by atoms with van der Waals surface area (Å²) in [7, 11) is 0. The molecule has 0 saturated carbocycles. The van der Waals surface area contributed by atoms with Crippen LogP contribution in [0.3, 0.4) is 0 Å². The molecule has 0 saturated heterocycles. The Bertz CT molecular complexity index is 199.